The number of carbonyl (C=O) groups is 1. The van der Waals surface area contributed by atoms with Crippen molar-refractivity contribution in [2.75, 3.05) is 23.3 Å². The quantitative estimate of drug-likeness (QED) is 0.771. The molecular formula is C19H20N4O. The molecule has 1 saturated heterocycles. The lowest BCUT2D eigenvalue weighted by Crippen LogP contribution is -2.29. The van der Waals surface area contributed by atoms with E-state index in [-0.39, 0.29) is 5.91 Å². The Morgan fingerprint density at radius 1 is 1.08 bits per heavy atom. The van der Waals surface area contributed by atoms with E-state index in [1.54, 1.807) is 12.3 Å². The third-order valence-electron chi connectivity index (χ3n) is 4.48. The van der Waals surface area contributed by atoms with E-state index in [0.717, 1.165) is 29.8 Å². The zero-order valence-electron chi connectivity index (χ0n) is 13.5. The summed E-state index contributed by atoms with van der Waals surface area (Å²) >= 11 is 0. The third-order valence-corrected chi connectivity index (χ3v) is 4.48. The number of aromatic nitrogens is 2. The first-order valence-corrected chi connectivity index (χ1v) is 8.40. The molecule has 2 N–H and O–H groups in total. The maximum Gasteiger partial charge on any atom is 0.272 e. The first-order chi connectivity index (χ1) is 11.8. The van der Waals surface area contributed by atoms with E-state index in [0.29, 0.717) is 5.69 Å². The van der Waals surface area contributed by atoms with Gasteiger partial charge in [-0.15, -0.1) is 0 Å². The van der Waals surface area contributed by atoms with E-state index in [9.17, 15) is 4.79 Å². The molecule has 0 bridgehead atoms. The molecule has 1 aromatic carbocycles. The lowest BCUT2D eigenvalue weighted by molar-refractivity contribution is 0.102. The van der Waals surface area contributed by atoms with Crippen LogP contribution in [0.2, 0.25) is 0 Å². The molecule has 0 unspecified atom stereocenters. The van der Waals surface area contributed by atoms with E-state index in [4.69, 9.17) is 0 Å². The molecular weight excluding hydrogens is 300 g/mol. The molecule has 2 aromatic heterocycles. The third kappa shape index (κ3) is 2.97. The highest BCUT2D eigenvalue weighted by atomic mass is 16.1. The number of hydrogen-bond donors (Lipinski definition) is 2. The molecule has 0 radical (unpaired) electrons. The Balaban J connectivity index is 1.47. The van der Waals surface area contributed by atoms with E-state index < -0.39 is 0 Å². The number of pyridine rings is 1. The molecule has 1 amide bonds. The van der Waals surface area contributed by atoms with Crippen LogP contribution in [0.5, 0.6) is 0 Å². The minimum absolute atomic E-state index is 0.154. The number of nitrogens with one attached hydrogen (secondary N) is 2. The molecule has 122 valence electrons. The molecule has 1 aliphatic heterocycles. The summed E-state index contributed by atoms with van der Waals surface area (Å²) in [6, 6.07) is 13.6. The van der Waals surface area contributed by atoms with Crippen molar-refractivity contribution in [3.8, 4) is 0 Å². The standard InChI is InChI=1S/C19H20N4O/c24-19(18-13-17-16(22-18)5-4-10-20-17)21-14-6-8-15(9-7-14)23-11-2-1-3-12-23/h4-10,13,22H,1-3,11-12H2,(H,21,24). The normalized spacial score (nSPS) is 14.8. The zero-order chi connectivity index (χ0) is 16.4. The summed E-state index contributed by atoms with van der Waals surface area (Å²) in [5, 5.41) is 2.93. The van der Waals surface area contributed by atoms with Gasteiger partial charge in [0.25, 0.3) is 5.91 Å². The average Bonchev–Trinajstić information content (AvgIpc) is 3.07. The number of anilines is 2. The number of rotatable bonds is 3. The first-order valence-electron chi connectivity index (χ1n) is 8.40. The van der Waals surface area contributed by atoms with Crippen LogP contribution in [-0.4, -0.2) is 29.0 Å². The number of aromatic amines is 1. The van der Waals surface area contributed by atoms with E-state index >= 15 is 0 Å². The fourth-order valence-corrected chi connectivity index (χ4v) is 3.18. The maximum absolute atomic E-state index is 12.4. The Hall–Kier alpha value is -2.82. The van der Waals surface area contributed by atoms with Crippen LogP contribution in [0.3, 0.4) is 0 Å². The van der Waals surface area contributed by atoms with Gasteiger partial charge < -0.3 is 15.2 Å². The van der Waals surface area contributed by atoms with Crippen LogP contribution in [0.15, 0.2) is 48.7 Å². The van der Waals surface area contributed by atoms with E-state index in [1.165, 1.54) is 24.9 Å². The van der Waals surface area contributed by atoms with Crippen molar-refractivity contribution in [3.63, 3.8) is 0 Å². The lowest BCUT2D eigenvalue weighted by Gasteiger charge is -2.28. The average molecular weight is 320 g/mol. The topological polar surface area (TPSA) is 61.0 Å². The van der Waals surface area contributed by atoms with Gasteiger partial charge in [-0.25, -0.2) is 0 Å². The highest BCUT2D eigenvalue weighted by Crippen LogP contribution is 2.22. The number of nitrogens with zero attached hydrogens (tertiary/aromatic N) is 2. The van der Waals surface area contributed by atoms with Crippen LogP contribution < -0.4 is 10.2 Å². The predicted octanol–water partition coefficient (Wildman–Crippen LogP) is 3.81. The number of fused-ring (bicyclic) bond motifs is 1. The Morgan fingerprint density at radius 2 is 1.88 bits per heavy atom. The Labute approximate surface area is 140 Å². The van der Waals surface area contributed by atoms with Gasteiger partial charge in [-0.05, 0) is 61.7 Å². The fraction of sp³-hybridized carbons (Fsp3) is 0.263. The number of piperidine rings is 1. The summed E-state index contributed by atoms with van der Waals surface area (Å²) in [4.78, 5) is 22.1. The van der Waals surface area contributed by atoms with Crippen LogP contribution in [0.25, 0.3) is 11.0 Å². The van der Waals surface area contributed by atoms with Crippen molar-refractivity contribution in [2.45, 2.75) is 19.3 Å². The highest BCUT2D eigenvalue weighted by Gasteiger charge is 2.12. The van der Waals surface area contributed by atoms with Gasteiger partial charge in [0.2, 0.25) is 0 Å². The number of carbonyl (C=O) groups excluding carboxylic acids is 1. The maximum atomic E-state index is 12.4. The van der Waals surface area contributed by atoms with Crippen molar-refractivity contribution >= 4 is 28.3 Å². The number of amides is 1. The SMILES string of the molecule is O=C(Nc1ccc(N2CCCCC2)cc1)c1cc2ncccc2[nH]1. The molecule has 5 nitrogen and oxygen atoms in total. The summed E-state index contributed by atoms with van der Waals surface area (Å²) in [6.45, 7) is 2.24. The summed E-state index contributed by atoms with van der Waals surface area (Å²) in [5.41, 5.74) is 4.20. The summed E-state index contributed by atoms with van der Waals surface area (Å²) in [7, 11) is 0. The monoisotopic (exact) mass is 320 g/mol. The highest BCUT2D eigenvalue weighted by molar-refractivity contribution is 6.05. The molecule has 0 aliphatic carbocycles. The largest absolute Gasteiger partial charge is 0.372 e. The van der Waals surface area contributed by atoms with Crippen molar-refractivity contribution in [1.82, 2.24) is 9.97 Å². The van der Waals surface area contributed by atoms with Crippen LogP contribution in [0.1, 0.15) is 29.8 Å². The first kappa shape index (κ1) is 14.8. The molecule has 24 heavy (non-hydrogen) atoms. The second-order valence-corrected chi connectivity index (χ2v) is 6.17. The van der Waals surface area contributed by atoms with Crippen molar-refractivity contribution in [1.29, 1.82) is 0 Å². The minimum Gasteiger partial charge on any atom is -0.372 e. The van der Waals surface area contributed by atoms with Gasteiger partial charge in [-0.2, -0.15) is 0 Å². The molecule has 4 rings (SSSR count). The van der Waals surface area contributed by atoms with Gasteiger partial charge in [-0.3, -0.25) is 9.78 Å². The van der Waals surface area contributed by atoms with E-state index in [1.807, 2.05) is 24.3 Å². The zero-order valence-corrected chi connectivity index (χ0v) is 13.5. The second-order valence-electron chi connectivity index (χ2n) is 6.17. The Kier molecular flexibility index (Phi) is 3.91. The number of benzene rings is 1. The predicted molar refractivity (Wildman–Crippen MR) is 96.6 cm³/mol. The van der Waals surface area contributed by atoms with Crippen molar-refractivity contribution in [2.24, 2.45) is 0 Å². The summed E-state index contributed by atoms with van der Waals surface area (Å²) in [6.07, 6.45) is 5.56. The van der Waals surface area contributed by atoms with Gasteiger partial charge in [0.15, 0.2) is 0 Å². The smallest absolute Gasteiger partial charge is 0.272 e. The van der Waals surface area contributed by atoms with E-state index in [2.05, 4.69) is 32.3 Å². The second kappa shape index (κ2) is 6.35. The van der Waals surface area contributed by atoms with Crippen LogP contribution in [0, 0.1) is 0 Å². The van der Waals surface area contributed by atoms with Crippen LogP contribution in [0.4, 0.5) is 11.4 Å². The molecule has 5 heteroatoms. The lowest BCUT2D eigenvalue weighted by atomic mass is 10.1. The molecule has 1 aliphatic rings. The summed E-state index contributed by atoms with van der Waals surface area (Å²) < 4.78 is 0. The Morgan fingerprint density at radius 3 is 2.62 bits per heavy atom. The molecule has 3 aromatic rings. The van der Waals surface area contributed by atoms with Gasteiger partial charge in [0.1, 0.15) is 5.69 Å². The van der Waals surface area contributed by atoms with Crippen molar-refractivity contribution < 1.29 is 4.79 Å². The van der Waals surface area contributed by atoms with Gasteiger partial charge in [0.05, 0.1) is 11.0 Å². The fourth-order valence-electron chi connectivity index (χ4n) is 3.18. The van der Waals surface area contributed by atoms with Crippen LogP contribution in [-0.2, 0) is 0 Å². The molecule has 3 heterocycles. The van der Waals surface area contributed by atoms with Crippen LogP contribution >= 0.6 is 0 Å². The van der Waals surface area contributed by atoms with Gasteiger partial charge in [-0.1, -0.05) is 0 Å². The van der Waals surface area contributed by atoms with Gasteiger partial charge in [0, 0.05) is 30.7 Å². The molecule has 0 spiro atoms. The molecule has 0 atom stereocenters. The number of H-pyrrole nitrogens is 1. The molecule has 1 fully saturated rings. The minimum atomic E-state index is -0.154. The molecule has 0 saturated carbocycles. The summed E-state index contributed by atoms with van der Waals surface area (Å²) in [5.74, 6) is -0.154. The number of hydrogen-bond acceptors (Lipinski definition) is 3. The Bertz CT molecular complexity index is 814. The van der Waals surface area contributed by atoms with Gasteiger partial charge >= 0.3 is 0 Å². The van der Waals surface area contributed by atoms with Crippen molar-refractivity contribution in [3.05, 3.63) is 54.4 Å².